The molecule has 106 valence electrons. The second-order valence-corrected chi connectivity index (χ2v) is 6.17. The van der Waals surface area contributed by atoms with Gasteiger partial charge in [-0.15, -0.1) is 0 Å². The summed E-state index contributed by atoms with van der Waals surface area (Å²) >= 11 is 0. The number of carbonyl (C=O) groups excluding carboxylic acids is 1. The zero-order chi connectivity index (χ0) is 14.4. The van der Waals surface area contributed by atoms with Crippen molar-refractivity contribution >= 4 is 16.7 Å². The molecule has 0 bridgehead atoms. The summed E-state index contributed by atoms with van der Waals surface area (Å²) in [5, 5.41) is 11.7. The molecule has 0 spiro atoms. The van der Waals surface area contributed by atoms with Crippen molar-refractivity contribution in [3.8, 4) is 11.8 Å². The molecule has 1 aliphatic heterocycles. The molecule has 1 aliphatic rings. The summed E-state index contributed by atoms with van der Waals surface area (Å²) in [7, 11) is -0.740. The fourth-order valence-corrected chi connectivity index (χ4v) is 3.33. The maximum Gasteiger partial charge on any atom is 0.252 e. The summed E-state index contributed by atoms with van der Waals surface area (Å²) in [6.45, 7) is -0.260. The van der Waals surface area contributed by atoms with Crippen LogP contribution in [0.3, 0.4) is 0 Å². The Balaban J connectivity index is 2.07. The molecule has 5 nitrogen and oxygen atoms in total. The number of aliphatic hydroxyl groups excluding tert-OH is 1. The molecule has 0 unspecified atom stereocenters. The number of carbonyl (C=O) groups is 1. The lowest BCUT2D eigenvalue weighted by Crippen LogP contribution is -2.39. The minimum absolute atomic E-state index is 0.0621. The standard InChI is InChI=1S/C14H16N2O3S/c17-7-1-2-11-10-15-6-3-13(11)14(18)16-12-4-8-20(19)9-5-12/h3,6,10,12,17H,4-5,7-9H2,(H,16,18). The van der Waals surface area contributed by atoms with Crippen LogP contribution >= 0.6 is 0 Å². The van der Waals surface area contributed by atoms with Crippen LogP contribution in [-0.4, -0.2) is 44.4 Å². The van der Waals surface area contributed by atoms with E-state index < -0.39 is 10.8 Å². The molecule has 0 atom stereocenters. The molecule has 2 rings (SSSR count). The second kappa shape index (κ2) is 7.17. The van der Waals surface area contributed by atoms with Crippen LogP contribution in [0.25, 0.3) is 0 Å². The molecule has 1 saturated heterocycles. The van der Waals surface area contributed by atoms with Gasteiger partial charge < -0.3 is 10.4 Å². The fourth-order valence-electron chi connectivity index (χ4n) is 2.03. The Kier molecular flexibility index (Phi) is 5.27. The number of rotatable bonds is 2. The molecule has 0 aromatic carbocycles. The van der Waals surface area contributed by atoms with Crippen molar-refractivity contribution in [2.45, 2.75) is 18.9 Å². The first-order chi connectivity index (χ1) is 9.70. The van der Waals surface area contributed by atoms with Crippen LogP contribution in [0.1, 0.15) is 28.8 Å². The number of hydrogen-bond acceptors (Lipinski definition) is 4. The predicted octanol–water partition coefficient (Wildman–Crippen LogP) is 0.0663. The van der Waals surface area contributed by atoms with Gasteiger partial charge in [0.1, 0.15) is 6.61 Å². The third-order valence-corrected chi connectivity index (χ3v) is 4.47. The Morgan fingerprint density at radius 3 is 2.95 bits per heavy atom. The summed E-state index contributed by atoms with van der Waals surface area (Å²) < 4.78 is 11.3. The molecule has 1 fully saturated rings. The molecule has 0 radical (unpaired) electrons. The molecule has 0 aliphatic carbocycles. The largest absolute Gasteiger partial charge is 0.384 e. The van der Waals surface area contributed by atoms with E-state index in [1.165, 1.54) is 12.4 Å². The summed E-state index contributed by atoms with van der Waals surface area (Å²) in [6.07, 6.45) is 4.52. The molecule has 20 heavy (non-hydrogen) atoms. The number of pyridine rings is 1. The van der Waals surface area contributed by atoms with E-state index in [4.69, 9.17) is 5.11 Å². The lowest BCUT2D eigenvalue weighted by molar-refractivity contribution is 0.0934. The Hall–Kier alpha value is -1.71. The van der Waals surface area contributed by atoms with E-state index in [1.54, 1.807) is 6.07 Å². The van der Waals surface area contributed by atoms with Crippen molar-refractivity contribution in [2.75, 3.05) is 18.1 Å². The van der Waals surface area contributed by atoms with E-state index >= 15 is 0 Å². The van der Waals surface area contributed by atoms with Crippen LogP contribution in [0, 0.1) is 11.8 Å². The number of amides is 1. The number of hydrogen-bond donors (Lipinski definition) is 2. The van der Waals surface area contributed by atoms with Gasteiger partial charge >= 0.3 is 0 Å². The minimum atomic E-state index is -0.740. The van der Waals surface area contributed by atoms with Gasteiger partial charge in [0.05, 0.1) is 11.1 Å². The zero-order valence-electron chi connectivity index (χ0n) is 11.0. The summed E-state index contributed by atoms with van der Waals surface area (Å²) in [5.41, 5.74) is 0.950. The Morgan fingerprint density at radius 2 is 2.25 bits per heavy atom. The van der Waals surface area contributed by atoms with Crippen LogP contribution in [0.5, 0.6) is 0 Å². The normalized spacial score (nSPS) is 21.6. The Bertz CT molecular complexity index is 567. The molecule has 2 N–H and O–H groups in total. The average molecular weight is 292 g/mol. The first kappa shape index (κ1) is 14.7. The molecule has 0 saturated carbocycles. The smallest absolute Gasteiger partial charge is 0.252 e. The third kappa shape index (κ3) is 3.89. The molecule has 6 heteroatoms. The van der Waals surface area contributed by atoms with Gasteiger partial charge in [0, 0.05) is 40.7 Å². The molecular weight excluding hydrogens is 276 g/mol. The zero-order valence-corrected chi connectivity index (χ0v) is 11.8. The van der Waals surface area contributed by atoms with Crippen molar-refractivity contribution in [1.29, 1.82) is 0 Å². The van der Waals surface area contributed by atoms with E-state index in [-0.39, 0.29) is 18.6 Å². The average Bonchev–Trinajstić information content (AvgIpc) is 2.47. The van der Waals surface area contributed by atoms with Gasteiger partial charge in [-0.2, -0.15) is 0 Å². The molecule has 1 amide bonds. The van der Waals surface area contributed by atoms with E-state index in [0.717, 1.165) is 12.8 Å². The van der Waals surface area contributed by atoms with E-state index in [9.17, 15) is 9.00 Å². The van der Waals surface area contributed by atoms with Gasteiger partial charge in [-0.05, 0) is 18.9 Å². The fraction of sp³-hybridized carbons (Fsp3) is 0.429. The Morgan fingerprint density at radius 1 is 1.50 bits per heavy atom. The summed E-state index contributed by atoms with van der Waals surface area (Å²) in [5.74, 6) is 6.30. The van der Waals surface area contributed by atoms with Crippen LogP contribution in [-0.2, 0) is 10.8 Å². The van der Waals surface area contributed by atoms with Crippen molar-refractivity contribution < 1.29 is 14.1 Å². The van der Waals surface area contributed by atoms with Crippen molar-refractivity contribution in [3.63, 3.8) is 0 Å². The molecule has 2 heterocycles. The van der Waals surface area contributed by atoms with Gasteiger partial charge in [0.25, 0.3) is 5.91 Å². The molecule has 1 aromatic rings. The van der Waals surface area contributed by atoms with Crippen LogP contribution in [0.15, 0.2) is 18.5 Å². The monoisotopic (exact) mass is 292 g/mol. The Labute approximate surface area is 120 Å². The van der Waals surface area contributed by atoms with Crippen molar-refractivity contribution in [3.05, 3.63) is 29.6 Å². The summed E-state index contributed by atoms with van der Waals surface area (Å²) in [4.78, 5) is 16.2. The maximum absolute atomic E-state index is 12.2. The first-order valence-electron chi connectivity index (χ1n) is 6.40. The topological polar surface area (TPSA) is 79.3 Å². The second-order valence-electron chi connectivity index (χ2n) is 4.48. The van der Waals surface area contributed by atoms with Crippen LogP contribution < -0.4 is 5.32 Å². The quantitative estimate of drug-likeness (QED) is 0.756. The van der Waals surface area contributed by atoms with Crippen LogP contribution in [0.4, 0.5) is 0 Å². The summed E-state index contributed by atoms with van der Waals surface area (Å²) in [6, 6.07) is 1.67. The predicted molar refractivity (Wildman–Crippen MR) is 76.6 cm³/mol. The van der Waals surface area contributed by atoms with Crippen molar-refractivity contribution in [1.82, 2.24) is 10.3 Å². The lowest BCUT2D eigenvalue weighted by Gasteiger charge is -2.22. The minimum Gasteiger partial charge on any atom is -0.384 e. The molecular formula is C14H16N2O3S. The highest BCUT2D eigenvalue weighted by Gasteiger charge is 2.20. The van der Waals surface area contributed by atoms with Gasteiger partial charge in [-0.25, -0.2) is 0 Å². The number of nitrogens with one attached hydrogen (secondary N) is 1. The number of nitrogens with zero attached hydrogens (tertiary/aromatic N) is 1. The first-order valence-corrected chi connectivity index (χ1v) is 7.89. The van der Waals surface area contributed by atoms with Gasteiger partial charge in [0.15, 0.2) is 0 Å². The van der Waals surface area contributed by atoms with E-state index in [2.05, 4.69) is 22.1 Å². The van der Waals surface area contributed by atoms with Crippen molar-refractivity contribution in [2.24, 2.45) is 0 Å². The van der Waals surface area contributed by atoms with E-state index in [1.807, 2.05) is 0 Å². The SMILES string of the molecule is O=C(NC1CCS(=O)CC1)c1ccncc1C#CCO. The van der Waals surface area contributed by atoms with E-state index in [0.29, 0.717) is 22.6 Å². The van der Waals surface area contributed by atoms with Gasteiger partial charge in [-0.3, -0.25) is 14.0 Å². The highest BCUT2D eigenvalue weighted by molar-refractivity contribution is 7.85. The maximum atomic E-state index is 12.2. The van der Waals surface area contributed by atoms with Gasteiger partial charge in [0.2, 0.25) is 0 Å². The van der Waals surface area contributed by atoms with Crippen LogP contribution in [0.2, 0.25) is 0 Å². The third-order valence-electron chi connectivity index (χ3n) is 3.09. The van der Waals surface area contributed by atoms with Gasteiger partial charge in [-0.1, -0.05) is 11.8 Å². The highest BCUT2D eigenvalue weighted by atomic mass is 32.2. The number of aliphatic hydroxyl groups is 1. The molecule has 1 aromatic heterocycles. The number of aromatic nitrogens is 1. The lowest BCUT2D eigenvalue weighted by atomic mass is 10.1. The highest BCUT2D eigenvalue weighted by Crippen LogP contribution is 2.11.